The number of likely N-dealkylation sites (N-methyl/N-ethyl adjacent to an activating group) is 1. The molecule has 4 aromatic rings. The van der Waals surface area contributed by atoms with Crippen molar-refractivity contribution in [3.8, 4) is 17.0 Å². The van der Waals surface area contributed by atoms with Crippen LogP contribution in [0.25, 0.3) is 22.2 Å². The van der Waals surface area contributed by atoms with Crippen LogP contribution in [0.3, 0.4) is 0 Å². The summed E-state index contributed by atoms with van der Waals surface area (Å²) in [7, 11) is -0.0680. The van der Waals surface area contributed by atoms with E-state index in [4.69, 9.17) is 27.9 Å². The lowest BCUT2D eigenvalue weighted by atomic mass is 10.1. The molecular weight excluding hydrogens is 467 g/mol. The fourth-order valence-corrected chi connectivity index (χ4v) is 5.33. The average Bonchev–Trinajstić information content (AvgIpc) is 3.08. The Balaban J connectivity index is 2.04. The van der Waals surface area contributed by atoms with Crippen molar-refractivity contribution in [3.63, 3.8) is 0 Å². The van der Waals surface area contributed by atoms with E-state index >= 15 is 0 Å². The average molecular weight is 489 g/mol. The van der Waals surface area contributed by atoms with Crippen molar-refractivity contribution in [2.24, 2.45) is 0 Å². The highest BCUT2D eigenvalue weighted by molar-refractivity contribution is 7.90. The number of ether oxygens (including phenoxy) is 1. The number of fused-ring (bicyclic) bond motifs is 1. The minimum atomic E-state index is -3.97. The quantitative estimate of drug-likeness (QED) is 0.330. The van der Waals surface area contributed by atoms with Gasteiger partial charge in [0.2, 0.25) is 0 Å². The summed E-state index contributed by atoms with van der Waals surface area (Å²) in [6.07, 6.45) is 0. The van der Waals surface area contributed by atoms with Gasteiger partial charge in [0.1, 0.15) is 12.3 Å². The Labute approximate surface area is 197 Å². The zero-order chi connectivity index (χ0) is 22.9. The monoisotopic (exact) mass is 488 g/mol. The lowest BCUT2D eigenvalue weighted by Gasteiger charge is -2.15. The van der Waals surface area contributed by atoms with Crippen LogP contribution < -0.4 is 4.74 Å². The summed E-state index contributed by atoms with van der Waals surface area (Å²) >= 11 is 12.3. The lowest BCUT2D eigenvalue weighted by molar-refractivity contribution is 0.264. The third-order valence-electron chi connectivity index (χ3n) is 5.02. The first-order chi connectivity index (χ1) is 15.3. The summed E-state index contributed by atoms with van der Waals surface area (Å²) in [5, 5.41) is 1.59. The predicted molar refractivity (Wildman–Crippen MR) is 130 cm³/mol. The molecule has 32 heavy (non-hydrogen) atoms. The van der Waals surface area contributed by atoms with E-state index < -0.39 is 10.0 Å². The standard InChI is InChI=1S/C24H22Cl2N2O3S/c1-27(2)14-15-31-24-21-16-19(26)10-13-22(21)28(23(24)17-6-4-3-5-7-17)32(29,30)20-11-8-18(25)9-12-20/h3-13,16H,14-15H2,1-2H3. The smallest absolute Gasteiger partial charge is 0.268 e. The maximum Gasteiger partial charge on any atom is 0.268 e. The Morgan fingerprint density at radius 2 is 1.56 bits per heavy atom. The molecule has 0 spiro atoms. The van der Waals surface area contributed by atoms with E-state index in [9.17, 15) is 8.42 Å². The van der Waals surface area contributed by atoms with Crippen LogP contribution in [0.5, 0.6) is 5.75 Å². The van der Waals surface area contributed by atoms with Gasteiger partial charge in [0.15, 0.2) is 5.75 Å². The molecule has 8 heteroatoms. The molecule has 0 amide bonds. The first-order valence-corrected chi connectivity index (χ1v) is 12.2. The second kappa shape index (κ2) is 9.16. The summed E-state index contributed by atoms with van der Waals surface area (Å²) in [6, 6.07) is 20.6. The second-order valence-corrected chi connectivity index (χ2v) is 10.2. The Kier molecular flexibility index (Phi) is 6.49. The number of halogens is 2. The third-order valence-corrected chi connectivity index (χ3v) is 7.24. The van der Waals surface area contributed by atoms with Crippen molar-refractivity contribution in [3.05, 3.63) is 82.8 Å². The molecule has 0 aliphatic rings. The van der Waals surface area contributed by atoms with Crippen LogP contribution in [0.15, 0.2) is 77.7 Å². The Morgan fingerprint density at radius 3 is 2.22 bits per heavy atom. The maximum absolute atomic E-state index is 13.9. The van der Waals surface area contributed by atoms with Gasteiger partial charge in [0.25, 0.3) is 10.0 Å². The molecule has 0 saturated heterocycles. The molecule has 0 N–H and O–H groups in total. The van der Waals surface area contributed by atoms with Gasteiger partial charge in [-0.25, -0.2) is 12.4 Å². The molecular formula is C24H22Cl2N2O3S. The van der Waals surface area contributed by atoms with Crippen LogP contribution in [0, 0.1) is 0 Å². The number of rotatable bonds is 7. The van der Waals surface area contributed by atoms with Gasteiger partial charge in [0, 0.05) is 27.5 Å². The van der Waals surface area contributed by atoms with Crippen molar-refractivity contribution < 1.29 is 13.2 Å². The Hall–Kier alpha value is -2.51. The summed E-state index contributed by atoms with van der Waals surface area (Å²) in [6.45, 7) is 1.06. The number of aromatic nitrogens is 1. The highest BCUT2D eigenvalue weighted by Crippen LogP contribution is 2.43. The molecule has 0 radical (unpaired) electrons. The van der Waals surface area contributed by atoms with E-state index in [1.54, 1.807) is 30.3 Å². The molecule has 1 aromatic heterocycles. The fourth-order valence-electron chi connectivity index (χ4n) is 3.49. The molecule has 3 aromatic carbocycles. The van der Waals surface area contributed by atoms with Crippen molar-refractivity contribution in [1.82, 2.24) is 8.87 Å². The number of benzene rings is 3. The van der Waals surface area contributed by atoms with E-state index in [0.717, 1.165) is 5.56 Å². The number of hydrogen-bond donors (Lipinski definition) is 0. The summed E-state index contributed by atoms with van der Waals surface area (Å²) < 4.78 is 35.2. The minimum absolute atomic E-state index is 0.130. The molecule has 5 nitrogen and oxygen atoms in total. The molecule has 4 rings (SSSR count). The molecule has 1 heterocycles. The molecule has 0 fully saturated rings. The molecule has 0 bridgehead atoms. The topological polar surface area (TPSA) is 51.5 Å². The first-order valence-electron chi connectivity index (χ1n) is 9.97. The zero-order valence-electron chi connectivity index (χ0n) is 17.6. The van der Waals surface area contributed by atoms with Gasteiger partial charge in [-0.3, -0.25) is 0 Å². The lowest BCUT2D eigenvalue weighted by Crippen LogP contribution is -2.19. The molecule has 166 valence electrons. The van der Waals surface area contributed by atoms with Gasteiger partial charge in [-0.1, -0.05) is 53.5 Å². The van der Waals surface area contributed by atoms with E-state index in [-0.39, 0.29) is 4.90 Å². The van der Waals surface area contributed by atoms with Crippen molar-refractivity contribution >= 4 is 44.1 Å². The van der Waals surface area contributed by atoms with Crippen LogP contribution in [0.2, 0.25) is 10.0 Å². The minimum Gasteiger partial charge on any atom is -0.489 e. The van der Waals surface area contributed by atoms with Gasteiger partial charge < -0.3 is 9.64 Å². The van der Waals surface area contributed by atoms with E-state index in [1.807, 2.05) is 49.3 Å². The third kappa shape index (κ3) is 4.36. The van der Waals surface area contributed by atoms with Gasteiger partial charge >= 0.3 is 0 Å². The largest absolute Gasteiger partial charge is 0.489 e. The van der Waals surface area contributed by atoms with Crippen LogP contribution in [-0.2, 0) is 10.0 Å². The van der Waals surface area contributed by atoms with Crippen LogP contribution >= 0.6 is 23.2 Å². The summed E-state index contributed by atoms with van der Waals surface area (Å²) in [5.41, 5.74) is 1.66. The highest BCUT2D eigenvalue weighted by atomic mass is 35.5. The molecule has 0 aliphatic carbocycles. The Bertz CT molecular complexity index is 1350. The van der Waals surface area contributed by atoms with Gasteiger partial charge in [-0.15, -0.1) is 0 Å². The summed E-state index contributed by atoms with van der Waals surface area (Å²) in [4.78, 5) is 2.13. The molecule has 0 atom stereocenters. The van der Waals surface area contributed by atoms with Crippen molar-refractivity contribution in [2.45, 2.75) is 4.90 Å². The van der Waals surface area contributed by atoms with Gasteiger partial charge in [-0.2, -0.15) is 0 Å². The predicted octanol–water partition coefficient (Wildman–Crippen LogP) is 5.79. The normalized spacial score (nSPS) is 11.9. The summed E-state index contributed by atoms with van der Waals surface area (Å²) in [5.74, 6) is 0.480. The zero-order valence-corrected chi connectivity index (χ0v) is 20.0. The number of hydrogen-bond acceptors (Lipinski definition) is 4. The van der Waals surface area contributed by atoms with Crippen LogP contribution in [0.4, 0.5) is 0 Å². The van der Waals surface area contributed by atoms with E-state index in [1.165, 1.54) is 16.1 Å². The van der Waals surface area contributed by atoms with Crippen molar-refractivity contribution in [1.29, 1.82) is 0 Å². The Morgan fingerprint density at radius 1 is 0.906 bits per heavy atom. The van der Waals surface area contributed by atoms with Crippen LogP contribution in [0.1, 0.15) is 0 Å². The van der Waals surface area contributed by atoms with Crippen molar-refractivity contribution in [2.75, 3.05) is 27.2 Å². The van der Waals surface area contributed by atoms with E-state index in [0.29, 0.717) is 45.5 Å². The SMILES string of the molecule is CN(C)CCOc1c(-c2ccccc2)n(S(=O)(=O)c2ccc(Cl)cc2)c2ccc(Cl)cc12. The molecule has 0 unspecified atom stereocenters. The fraction of sp³-hybridized carbons (Fsp3) is 0.167. The maximum atomic E-state index is 13.9. The molecule has 0 saturated carbocycles. The number of nitrogens with zero attached hydrogens (tertiary/aromatic N) is 2. The van der Waals surface area contributed by atoms with Crippen LogP contribution in [-0.4, -0.2) is 44.5 Å². The highest BCUT2D eigenvalue weighted by Gasteiger charge is 2.29. The van der Waals surface area contributed by atoms with Gasteiger partial charge in [-0.05, 0) is 56.6 Å². The second-order valence-electron chi connectivity index (χ2n) is 7.58. The first kappa shape index (κ1) is 22.7. The van der Waals surface area contributed by atoms with E-state index in [2.05, 4.69) is 0 Å². The van der Waals surface area contributed by atoms with Gasteiger partial charge in [0.05, 0.1) is 10.4 Å². The molecule has 0 aliphatic heterocycles.